The molecule has 1 aliphatic heterocycles. The monoisotopic (exact) mass is 280 g/mol. The van der Waals surface area contributed by atoms with Crippen molar-refractivity contribution in [2.24, 2.45) is 0 Å². The van der Waals surface area contributed by atoms with Crippen molar-refractivity contribution in [1.29, 1.82) is 0 Å². The van der Waals surface area contributed by atoms with E-state index in [0.29, 0.717) is 12.5 Å². The van der Waals surface area contributed by atoms with Gasteiger partial charge in [0.15, 0.2) is 5.82 Å². The topological polar surface area (TPSA) is 48.2 Å². The molecule has 0 amide bonds. The fraction of sp³-hybridized carbons (Fsp3) is 0.429. The standard InChI is InChI=1S/C14H14F2N2O2/c1-8(12-9(15)4-2-5-10(12)16)13-17-14(20-18-13)11-6-3-7-19-11/h2,4-5,8,11H,3,6-7H2,1H3/t8-,11+/m0/s1. The lowest BCUT2D eigenvalue weighted by atomic mass is 9.99. The average Bonchev–Trinajstić information content (AvgIpc) is 3.09. The lowest BCUT2D eigenvalue weighted by Crippen LogP contribution is -2.05. The third-order valence-corrected chi connectivity index (χ3v) is 3.48. The Hall–Kier alpha value is -1.82. The normalized spacial score (nSPS) is 20.2. The van der Waals surface area contributed by atoms with Crippen LogP contribution in [0, 0.1) is 11.6 Å². The van der Waals surface area contributed by atoms with E-state index in [1.54, 1.807) is 6.92 Å². The average molecular weight is 280 g/mol. The Kier molecular flexibility index (Phi) is 3.48. The van der Waals surface area contributed by atoms with Crippen LogP contribution in [-0.2, 0) is 4.74 Å². The van der Waals surface area contributed by atoms with Crippen LogP contribution in [-0.4, -0.2) is 16.7 Å². The second kappa shape index (κ2) is 5.28. The predicted octanol–water partition coefficient (Wildman–Crippen LogP) is 3.35. The molecule has 3 rings (SSSR count). The first-order chi connectivity index (χ1) is 9.66. The fourth-order valence-corrected chi connectivity index (χ4v) is 2.38. The van der Waals surface area contributed by atoms with E-state index in [-0.39, 0.29) is 17.5 Å². The Morgan fingerprint density at radius 3 is 2.70 bits per heavy atom. The van der Waals surface area contributed by atoms with Crippen LogP contribution in [0.2, 0.25) is 0 Å². The first-order valence-corrected chi connectivity index (χ1v) is 6.56. The van der Waals surface area contributed by atoms with Crippen LogP contribution >= 0.6 is 0 Å². The van der Waals surface area contributed by atoms with Crippen molar-refractivity contribution in [3.63, 3.8) is 0 Å². The van der Waals surface area contributed by atoms with Gasteiger partial charge in [0.2, 0.25) is 0 Å². The number of hydrogen-bond donors (Lipinski definition) is 0. The molecule has 0 radical (unpaired) electrons. The smallest absolute Gasteiger partial charge is 0.255 e. The number of nitrogens with zero attached hydrogens (tertiary/aromatic N) is 2. The number of hydrogen-bond acceptors (Lipinski definition) is 4. The summed E-state index contributed by atoms with van der Waals surface area (Å²) in [6.45, 7) is 2.31. The molecule has 0 aliphatic carbocycles. The van der Waals surface area contributed by atoms with Crippen molar-refractivity contribution in [3.8, 4) is 0 Å². The Morgan fingerprint density at radius 2 is 2.05 bits per heavy atom. The molecular formula is C14H14F2N2O2. The van der Waals surface area contributed by atoms with Crippen molar-refractivity contribution < 1.29 is 18.0 Å². The van der Waals surface area contributed by atoms with Gasteiger partial charge in [0.05, 0.1) is 5.92 Å². The first-order valence-electron chi connectivity index (χ1n) is 6.56. The van der Waals surface area contributed by atoms with E-state index >= 15 is 0 Å². The lowest BCUT2D eigenvalue weighted by molar-refractivity contribution is 0.0835. The molecule has 0 N–H and O–H groups in total. The molecule has 4 nitrogen and oxygen atoms in total. The van der Waals surface area contributed by atoms with E-state index in [9.17, 15) is 8.78 Å². The zero-order valence-electron chi connectivity index (χ0n) is 11.0. The molecule has 2 heterocycles. The van der Waals surface area contributed by atoms with E-state index in [4.69, 9.17) is 9.26 Å². The van der Waals surface area contributed by atoms with E-state index in [1.165, 1.54) is 18.2 Å². The molecule has 1 aromatic heterocycles. The third-order valence-electron chi connectivity index (χ3n) is 3.48. The summed E-state index contributed by atoms with van der Waals surface area (Å²) in [5, 5.41) is 3.82. The maximum absolute atomic E-state index is 13.7. The summed E-state index contributed by atoms with van der Waals surface area (Å²) in [4.78, 5) is 4.21. The summed E-state index contributed by atoms with van der Waals surface area (Å²) in [6, 6.07) is 3.76. The van der Waals surface area contributed by atoms with Crippen molar-refractivity contribution in [2.45, 2.75) is 31.8 Å². The SMILES string of the molecule is C[C@H](c1noc([C@H]2CCCO2)n1)c1c(F)cccc1F. The molecule has 1 aliphatic rings. The lowest BCUT2D eigenvalue weighted by Gasteiger charge is -2.09. The highest BCUT2D eigenvalue weighted by Crippen LogP contribution is 2.31. The van der Waals surface area contributed by atoms with Crippen LogP contribution in [0.5, 0.6) is 0 Å². The summed E-state index contributed by atoms with van der Waals surface area (Å²) in [7, 11) is 0. The predicted molar refractivity (Wildman–Crippen MR) is 66.1 cm³/mol. The van der Waals surface area contributed by atoms with E-state index in [1.807, 2.05) is 0 Å². The first kappa shape index (κ1) is 13.2. The fourth-order valence-electron chi connectivity index (χ4n) is 2.38. The molecule has 0 saturated carbocycles. The minimum absolute atomic E-state index is 0.0489. The number of benzene rings is 1. The number of rotatable bonds is 3. The summed E-state index contributed by atoms with van der Waals surface area (Å²) in [5.41, 5.74) is -0.0489. The van der Waals surface area contributed by atoms with Crippen LogP contribution < -0.4 is 0 Å². The Labute approximate surface area is 114 Å². The maximum atomic E-state index is 13.7. The van der Waals surface area contributed by atoms with Crippen molar-refractivity contribution >= 4 is 0 Å². The maximum Gasteiger partial charge on any atom is 0.255 e. The van der Waals surface area contributed by atoms with Gasteiger partial charge in [-0.15, -0.1) is 0 Å². The molecule has 20 heavy (non-hydrogen) atoms. The van der Waals surface area contributed by atoms with Gasteiger partial charge in [-0.3, -0.25) is 0 Å². The molecule has 0 bridgehead atoms. The van der Waals surface area contributed by atoms with Crippen LogP contribution in [0.15, 0.2) is 22.7 Å². The molecule has 2 atom stereocenters. The molecule has 6 heteroatoms. The van der Waals surface area contributed by atoms with Crippen LogP contribution in [0.1, 0.15) is 49.1 Å². The van der Waals surface area contributed by atoms with E-state index < -0.39 is 17.6 Å². The number of halogens is 2. The van der Waals surface area contributed by atoms with Gasteiger partial charge in [-0.2, -0.15) is 4.98 Å². The molecule has 0 spiro atoms. The highest BCUT2D eigenvalue weighted by molar-refractivity contribution is 5.27. The zero-order chi connectivity index (χ0) is 14.1. The van der Waals surface area contributed by atoms with Crippen molar-refractivity contribution in [2.75, 3.05) is 6.61 Å². The zero-order valence-corrected chi connectivity index (χ0v) is 11.0. The minimum Gasteiger partial charge on any atom is -0.368 e. The van der Waals surface area contributed by atoms with Gasteiger partial charge < -0.3 is 9.26 Å². The molecular weight excluding hydrogens is 266 g/mol. The van der Waals surface area contributed by atoms with Crippen LogP contribution in [0.4, 0.5) is 8.78 Å². The van der Waals surface area contributed by atoms with E-state index in [0.717, 1.165) is 12.8 Å². The molecule has 0 unspecified atom stereocenters. The van der Waals surface area contributed by atoms with Gasteiger partial charge in [-0.05, 0) is 25.0 Å². The Balaban J connectivity index is 1.89. The molecule has 1 fully saturated rings. The number of aromatic nitrogens is 2. The highest BCUT2D eigenvalue weighted by atomic mass is 19.1. The second-order valence-electron chi connectivity index (χ2n) is 4.85. The number of ether oxygens (including phenoxy) is 1. The quantitative estimate of drug-likeness (QED) is 0.865. The second-order valence-corrected chi connectivity index (χ2v) is 4.85. The van der Waals surface area contributed by atoms with Gasteiger partial charge in [-0.25, -0.2) is 8.78 Å². The Bertz CT molecular complexity index is 589. The van der Waals surface area contributed by atoms with Crippen molar-refractivity contribution in [1.82, 2.24) is 10.1 Å². The van der Waals surface area contributed by atoms with Gasteiger partial charge >= 0.3 is 0 Å². The van der Waals surface area contributed by atoms with Gasteiger partial charge in [-0.1, -0.05) is 18.1 Å². The summed E-state index contributed by atoms with van der Waals surface area (Å²) in [5.74, 6) is -1.20. The van der Waals surface area contributed by atoms with Gasteiger partial charge in [0, 0.05) is 12.2 Å². The molecule has 2 aromatic rings. The van der Waals surface area contributed by atoms with Crippen LogP contribution in [0.25, 0.3) is 0 Å². The third kappa shape index (κ3) is 2.31. The van der Waals surface area contributed by atoms with Gasteiger partial charge in [0.1, 0.15) is 17.7 Å². The van der Waals surface area contributed by atoms with Crippen molar-refractivity contribution in [3.05, 3.63) is 47.1 Å². The summed E-state index contributed by atoms with van der Waals surface area (Å²) in [6.07, 6.45) is 1.57. The van der Waals surface area contributed by atoms with Crippen LogP contribution in [0.3, 0.4) is 0 Å². The largest absolute Gasteiger partial charge is 0.368 e. The summed E-state index contributed by atoms with van der Waals surface area (Å²) >= 11 is 0. The minimum atomic E-state index is -0.616. The molecule has 1 saturated heterocycles. The van der Waals surface area contributed by atoms with E-state index in [2.05, 4.69) is 10.1 Å². The highest BCUT2D eigenvalue weighted by Gasteiger charge is 2.27. The molecule has 106 valence electrons. The Morgan fingerprint density at radius 1 is 1.30 bits per heavy atom. The van der Waals surface area contributed by atoms with Gasteiger partial charge in [0.25, 0.3) is 5.89 Å². The molecule has 1 aromatic carbocycles. The summed E-state index contributed by atoms with van der Waals surface area (Å²) < 4.78 is 38.1.